The lowest BCUT2D eigenvalue weighted by molar-refractivity contribution is -0.118. The average molecular weight is 583 g/mol. The van der Waals surface area contributed by atoms with Crippen LogP contribution in [0.2, 0.25) is 0 Å². The number of amides is 1. The normalized spacial score (nSPS) is 11.0. The van der Waals surface area contributed by atoms with Gasteiger partial charge >= 0.3 is 0 Å². The Morgan fingerprint density at radius 1 is 1.05 bits per heavy atom. The van der Waals surface area contributed by atoms with Crippen LogP contribution in [0.4, 0.5) is 0 Å². The molecule has 0 aliphatic heterocycles. The molecule has 0 fully saturated rings. The molecule has 1 aromatic heterocycles. The molecule has 1 N–H and O–H groups in total. The van der Waals surface area contributed by atoms with Crippen LogP contribution in [0.3, 0.4) is 0 Å². The number of aromatic nitrogens is 2. The smallest absolute Gasteiger partial charge is 0.266 e. The molecule has 0 unspecified atom stereocenters. The molecule has 4 rings (SSSR count). The molecule has 0 radical (unpaired) electrons. The minimum Gasteiger partial charge on any atom is -0.493 e. The number of thioether (sulfide) groups is 1. The van der Waals surface area contributed by atoms with Gasteiger partial charge in [-0.3, -0.25) is 14.2 Å². The lowest BCUT2D eigenvalue weighted by atomic mass is 10.2. The lowest BCUT2D eigenvalue weighted by Gasteiger charge is -2.13. The van der Waals surface area contributed by atoms with Crippen molar-refractivity contribution in [2.45, 2.75) is 5.16 Å². The zero-order valence-electron chi connectivity index (χ0n) is 20.2. The molecular weight excluding hydrogens is 560 g/mol. The van der Waals surface area contributed by atoms with E-state index >= 15 is 0 Å². The molecule has 11 heteroatoms. The first kappa shape index (κ1) is 26.2. The molecule has 0 bridgehead atoms. The average Bonchev–Trinajstić information content (AvgIpc) is 2.92. The SMILES string of the molecule is COc1cc(/C=N\NC(=O)CSc2nc3ccccc3c(=O)n2-c2ccc(Br)cc2)cc(OC)c1OC. The highest BCUT2D eigenvalue weighted by Gasteiger charge is 2.15. The first-order chi connectivity index (χ1) is 17.9. The number of rotatable bonds is 9. The number of nitrogens with one attached hydrogen (secondary N) is 1. The van der Waals surface area contributed by atoms with Crippen LogP contribution in [0.25, 0.3) is 16.6 Å². The maximum Gasteiger partial charge on any atom is 0.266 e. The van der Waals surface area contributed by atoms with Gasteiger partial charge in [0.2, 0.25) is 5.75 Å². The summed E-state index contributed by atoms with van der Waals surface area (Å²) in [5.41, 5.74) is 4.14. The Labute approximate surface area is 225 Å². The third kappa shape index (κ3) is 5.95. The van der Waals surface area contributed by atoms with Crippen molar-refractivity contribution in [3.63, 3.8) is 0 Å². The second-order valence-corrected chi connectivity index (χ2v) is 9.43. The highest BCUT2D eigenvalue weighted by atomic mass is 79.9. The summed E-state index contributed by atoms with van der Waals surface area (Å²) in [5.74, 6) is 1.03. The topological polar surface area (TPSA) is 104 Å². The number of halogens is 1. The summed E-state index contributed by atoms with van der Waals surface area (Å²) < 4.78 is 18.4. The first-order valence-corrected chi connectivity index (χ1v) is 12.8. The van der Waals surface area contributed by atoms with Crippen LogP contribution in [0.15, 0.2) is 80.2 Å². The van der Waals surface area contributed by atoms with Gasteiger partial charge in [0.05, 0.1) is 49.9 Å². The predicted octanol–water partition coefficient (Wildman–Crippen LogP) is 4.42. The molecule has 4 aromatic rings. The maximum absolute atomic E-state index is 13.3. The molecule has 0 saturated heterocycles. The van der Waals surface area contributed by atoms with E-state index in [1.54, 1.807) is 30.3 Å². The largest absolute Gasteiger partial charge is 0.493 e. The monoisotopic (exact) mass is 582 g/mol. The number of benzene rings is 3. The molecular formula is C26H23BrN4O5S. The Kier molecular flexibility index (Phi) is 8.47. The van der Waals surface area contributed by atoms with Crippen molar-refractivity contribution in [1.29, 1.82) is 0 Å². The van der Waals surface area contributed by atoms with Crippen molar-refractivity contribution in [2.24, 2.45) is 5.10 Å². The third-order valence-electron chi connectivity index (χ3n) is 5.25. The van der Waals surface area contributed by atoms with Crippen LogP contribution in [0.1, 0.15) is 5.56 Å². The number of ether oxygens (including phenoxy) is 3. The second kappa shape index (κ2) is 11.9. The van der Waals surface area contributed by atoms with Crippen molar-refractivity contribution in [1.82, 2.24) is 15.0 Å². The fraction of sp³-hybridized carbons (Fsp3) is 0.154. The third-order valence-corrected chi connectivity index (χ3v) is 6.72. The van der Waals surface area contributed by atoms with Gasteiger partial charge in [-0.15, -0.1) is 0 Å². The van der Waals surface area contributed by atoms with Gasteiger partial charge in [0.1, 0.15) is 0 Å². The Balaban J connectivity index is 1.53. The molecule has 0 saturated carbocycles. The van der Waals surface area contributed by atoms with Gasteiger partial charge in [-0.1, -0.05) is 39.8 Å². The number of carbonyl (C=O) groups excluding carboxylic acids is 1. The molecule has 0 aliphatic carbocycles. The van der Waals surface area contributed by atoms with Gasteiger partial charge in [-0.25, -0.2) is 10.4 Å². The van der Waals surface area contributed by atoms with Crippen LogP contribution >= 0.6 is 27.7 Å². The van der Waals surface area contributed by atoms with Gasteiger partial charge in [-0.05, 0) is 48.5 Å². The van der Waals surface area contributed by atoms with Gasteiger partial charge in [0.25, 0.3) is 11.5 Å². The van der Waals surface area contributed by atoms with Crippen molar-refractivity contribution < 1.29 is 19.0 Å². The van der Waals surface area contributed by atoms with E-state index < -0.39 is 0 Å². The summed E-state index contributed by atoms with van der Waals surface area (Å²) in [6.07, 6.45) is 1.47. The number of para-hydroxylation sites is 1. The maximum atomic E-state index is 13.3. The van der Waals surface area contributed by atoms with E-state index in [1.807, 2.05) is 30.3 Å². The van der Waals surface area contributed by atoms with Gasteiger partial charge in [0, 0.05) is 10.0 Å². The number of fused-ring (bicyclic) bond motifs is 1. The molecule has 0 spiro atoms. The van der Waals surface area contributed by atoms with E-state index in [4.69, 9.17) is 14.2 Å². The van der Waals surface area contributed by atoms with E-state index in [-0.39, 0.29) is 17.2 Å². The minimum absolute atomic E-state index is 0.00605. The van der Waals surface area contributed by atoms with Crippen LogP contribution < -0.4 is 25.2 Å². The van der Waals surface area contributed by atoms with Crippen LogP contribution in [-0.4, -0.2) is 48.8 Å². The lowest BCUT2D eigenvalue weighted by Crippen LogP contribution is -2.24. The van der Waals surface area contributed by atoms with Crippen molar-refractivity contribution in [3.8, 4) is 22.9 Å². The Morgan fingerprint density at radius 3 is 2.38 bits per heavy atom. The van der Waals surface area contributed by atoms with Crippen LogP contribution in [0.5, 0.6) is 17.2 Å². The number of methoxy groups -OCH3 is 3. The molecule has 37 heavy (non-hydrogen) atoms. The first-order valence-electron chi connectivity index (χ1n) is 11.0. The highest BCUT2D eigenvalue weighted by Crippen LogP contribution is 2.37. The highest BCUT2D eigenvalue weighted by molar-refractivity contribution is 9.10. The minimum atomic E-state index is -0.363. The number of hydrogen-bond acceptors (Lipinski definition) is 8. The quantitative estimate of drug-likeness (QED) is 0.135. The Bertz CT molecular complexity index is 1500. The summed E-state index contributed by atoms with van der Waals surface area (Å²) in [6.45, 7) is 0. The Hall–Kier alpha value is -3.83. The van der Waals surface area contributed by atoms with Gasteiger partial charge in [0.15, 0.2) is 16.7 Å². The fourth-order valence-electron chi connectivity index (χ4n) is 3.54. The molecule has 1 heterocycles. The van der Waals surface area contributed by atoms with Crippen molar-refractivity contribution >= 4 is 50.7 Å². The summed E-state index contributed by atoms with van der Waals surface area (Å²) in [5, 5.41) is 4.93. The van der Waals surface area contributed by atoms with E-state index in [2.05, 4.69) is 31.4 Å². The summed E-state index contributed by atoms with van der Waals surface area (Å²) in [6, 6.07) is 17.9. The molecule has 0 atom stereocenters. The number of carbonyl (C=O) groups is 1. The van der Waals surface area contributed by atoms with E-state index in [0.29, 0.717) is 44.6 Å². The van der Waals surface area contributed by atoms with E-state index in [0.717, 1.165) is 16.2 Å². The molecule has 1 amide bonds. The molecule has 9 nitrogen and oxygen atoms in total. The Morgan fingerprint density at radius 2 is 1.73 bits per heavy atom. The zero-order chi connectivity index (χ0) is 26.4. The van der Waals surface area contributed by atoms with Gasteiger partial charge in [-0.2, -0.15) is 5.10 Å². The van der Waals surface area contributed by atoms with Crippen molar-refractivity contribution in [3.05, 3.63) is 81.1 Å². The molecule has 190 valence electrons. The standard InChI is InChI=1S/C26H23BrN4O5S/c1-34-21-12-16(13-22(35-2)24(21)36-3)14-28-30-23(32)15-37-26-29-20-7-5-4-6-19(20)25(33)31(26)18-10-8-17(27)9-11-18/h4-14H,15H2,1-3H3,(H,30,32)/b28-14-. The number of hydrazone groups is 1. The summed E-state index contributed by atoms with van der Waals surface area (Å²) in [4.78, 5) is 30.5. The summed E-state index contributed by atoms with van der Waals surface area (Å²) >= 11 is 4.56. The fourth-order valence-corrected chi connectivity index (χ4v) is 4.61. The zero-order valence-corrected chi connectivity index (χ0v) is 22.6. The van der Waals surface area contributed by atoms with E-state index in [9.17, 15) is 9.59 Å². The number of nitrogens with zero attached hydrogens (tertiary/aromatic N) is 3. The number of hydrogen-bond donors (Lipinski definition) is 1. The van der Waals surface area contributed by atoms with E-state index in [1.165, 1.54) is 32.1 Å². The van der Waals surface area contributed by atoms with Crippen LogP contribution in [0, 0.1) is 0 Å². The van der Waals surface area contributed by atoms with Crippen molar-refractivity contribution in [2.75, 3.05) is 27.1 Å². The van der Waals surface area contributed by atoms with Gasteiger partial charge < -0.3 is 14.2 Å². The molecule has 0 aliphatic rings. The second-order valence-electron chi connectivity index (χ2n) is 7.57. The predicted molar refractivity (Wildman–Crippen MR) is 148 cm³/mol. The molecule has 3 aromatic carbocycles. The summed E-state index contributed by atoms with van der Waals surface area (Å²) in [7, 11) is 4.56. The van der Waals surface area contributed by atoms with Crippen LogP contribution in [-0.2, 0) is 4.79 Å².